The molecule has 120 valence electrons. The molecule has 1 fully saturated rings. The van der Waals surface area contributed by atoms with Gasteiger partial charge in [0.05, 0.1) is 7.11 Å². The highest BCUT2D eigenvalue weighted by atomic mass is 16.5. The molecule has 1 aliphatic heterocycles. The molecule has 2 amide bonds. The molecule has 0 atom stereocenters. The van der Waals surface area contributed by atoms with Gasteiger partial charge in [-0.2, -0.15) is 0 Å². The first kappa shape index (κ1) is 15.1. The predicted octanol–water partition coefficient (Wildman–Crippen LogP) is 2.44. The number of rotatable bonds is 3. The number of benzene rings is 1. The number of ether oxygens (including phenoxy) is 1. The first-order valence-corrected chi connectivity index (χ1v) is 7.61. The summed E-state index contributed by atoms with van der Waals surface area (Å²) in [6, 6.07) is 11.5. The molecule has 0 bridgehead atoms. The van der Waals surface area contributed by atoms with Crippen LogP contribution >= 0.6 is 0 Å². The maximum atomic E-state index is 12.3. The van der Waals surface area contributed by atoms with Crippen molar-refractivity contribution in [2.75, 3.05) is 43.5 Å². The number of pyridine rings is 1. The average molecular weight is 312 g/mol. The number of hydrogen-bond donors (Lipinski definition) is 1. The van der Waals surface area contributed by atoms with Gasteiger partial charge in [-0.15, -0.1) is 0 Å². The normalized spacial score (nSPS) is 14.5. The third-order valence-corrected chi connectivity index (χ3v) is 3.94. The highest BCUT2D eigenvalue weighted by Gasteiger charge is 2.21. The quantitative estimate of drug-likeness (QED) is 0.946. The van der Waals surface area contributed by atoms with Crippen LogP contribution in [0.1, 0.15) is 0 Å². The van der Waals surface area contributed by atoms with E-state index in [1.165, 1.54) is 0 Å². The number of nitrogens with one attached hydrogen (secondary N) is 1. The minimum Gasteiger partial charge on any atom is -0.497 e. The topological polar surface area (TPSA) is 57.7 Å². The Morgan fingerprint density at radius 2 is 1.70 bits per heavy atom. The summed E-state index contributed by atoms with van der Waals surface area (Å²) in [5.74, 6) is 0.851. The van der Waals surface area contributed by atoms with Crippen molar-refractivity contribution >= 4 is 17.4 Å². The van der Waals surface area contributed by atoms with Crippen LogP contribution < -0.4 is 15.0 Å². The Balaban J connectivity index is 1.54. The first-order valence-electron chi connectivity index (χ1n) is 7.61. The van der Waals surface area contributed by atoms with Crippen LogP contribution in [0.2, 0.25) is 0 Å². The molecule has 0 radical (unpaired) electrons. The van der Waals surface area contributed by atoms with Crippen molar-refractivity contribution in [2.45, 2.75) is 0 Å². The number of hydrogen-bond acceptors (Lipinski definition) is 4. The molecular formula is C17H20N4O2. The zero-order chi connectivity index (χ0) is 16.1. The smallest absolute Gasteiger partial charge is 0.321 e. The van der Waals surface area contributed by atoms with Crippen LogP contribution in [0.25, 0.3) is 0 Å². The molecule has 0 aliphatic carbocycles. The zero-order valence-corrected chi connectivity index (χ0v) is 13.1. The number of urea groups is 1. The highest BCUT2D eigenvalue weighted by molar-refractivity contribution is 5.89. The Bertz CT molecular complexity index is 637. The average Bonchev–Trinajstić information content (AvgIpc) is 2.63. The molecule has 0 spiro atoms. The largest absolute Gasteiger partial charge is 0.497 e. The van der Waals surface area contributed by atoms with Crippen molar-refractivity contribution in [3.8, 4) is 5.75 Å². The lowest BCUT2D eigenvalue weighted by Gasteiger charge is -2.36. The molecule has 1 aromatic heterocycles. The second-order valence-electron chi connectivity index (χ2n) is 5.34. The van der Waals surface area contributed by atoms with E-state index in [9.17, 15) is 4.79 Å². The Morgan fingerprint density at radius 1 is 1.04 bits per heavy atom. The molecule has 1 aliphatic rings. The Kier molecular flexibility index (Phi) is 4.61. The van der Waals surface area contributed by atoms with E-state index in [1.54, 1.807) is 31.6 Å². The lowest BCUT2D eigenvalue weighted by Crippen LogP contribution is -2.50. The number of aromatic nitrogens is 1. The molecule has 6 nitrogen and oxygen atoms in total. The van der Waals surface area contributed by atoms with E-state index < -0.39 is 0 Å². The molecule has 3 rings (SSSR count). The minimum absolute atomic E-state index is 0.0643. The maximum absolute atomic E-state index is 12.3. The van der Waals surface area contributed by atoms with Gasteiger partial charge in [-0.05, 0) is 36.4 Å². The molecule has 0 unspecified atom stereocenters. The fourth-order valence-corrected chi connectivity index (χ4v) is 2.60. The van der Waals surface area contributed by atoms with Gasteiger partial charge >= 0.3 is 6.03 Å². The predicted molar refractivity (Wildman–Crippen MR) is 90.0 cm³/mol. The molecule has 2 heterocycles. The summed E-state index contributed by atoms with van der Waals surface area (Å²) >= 11 is 0. The second kappa shape index (κ2) is 7.00. The summed E-state index contributed by atoms with van der Waals surface area (Å²) < 4.78 is 5.18. The molecule has 1 N–H and O–H groups in total. The summed E-state index contributed by atoms with van der Waals surface area (Å²) in [6.45, 7) is 3.03. The summed E-state index contributed by atoms with van der Waals surface area (Å²) in [7, 11) is 1.66. The van der Waals surface area contributed by atoms with Crippen molar-refractivity contribution < 1.29 is 9.53 Å². The van der Waals surface area contributed by atoms with Gasteiger partial charge in [-0.25, -0.2) is 4.79 Å². The van der Waals surface area contributed by atoms with E-state index in [2.05, 4.69) is 15.2 Å². The molecule has 2 aromatic rings. The molecule has 1 saturated heterocycles. The zero-order valence-electron chi connectivity index (χ0n) is 13.1. The number of methoxy groups -OCH3 is 1. The number of piperazine rings is 1. The van der Waals surface area contributed by atoms with E-state index in [4.69, 9.17) is 4.74 Å². The van der Waals surface area contributed by atoms with Gasteiger partial charge in [0.2, 0.25) is 0 Å². The van der Waals surface area contributed by atoms with Crippen LogP contribution in [0, 0.1) is 0 Å². The highest BCUT2D eigenvalue weighted by Crippen LogP contribution is 2.20. The van der Waals surface area contributed by atoms with Gasteiger partial charge in [0.25, 0.3) is 0 Å². The van der Waals surface area contributed by atoms with Gasteiger partial charge in [-0.1, -0.05) is 0 Å². The number of carbonyl (C=O) groups excluding carboxylic acids is 1. The number of carbonyl (C=O) groups is 1. The fraction of sp³-hybridized carbons (Fsp3) is 0.294. The van der Waals surface area contributed by atoms with E-state index >= 15 is 0 Å². The number of nitrogens with zero attached hydrogens (tertiary/aromatic N) is 3. The van der Waals surface area contributed by atoms with Gasteiger partial charge < -0.3 is 19.9 Å². The van der Waals surface area contributed by atoms with Crippen LogP contribution in [-0.4, -0.2) is 49.2 Å². The lowest BCUT2D eigenvalue weighted by atomic mass is 10.2. The van der Waals surface area contributed by atoms with Crippen molar-refractivity contribution in [1.82, 2.24) is 9.88 Å². The molecule has 0 saturated carbocycles. The Morgan fingerprint density at radius 3 is 2.30 bits per heavy atom. The standard InChI is InChI=1S/C17H20N4O2/c1-23-16-4-2-15(3-5-16)20-10-12-21(13-11-20)17(22)19-14-6-8-18-9-7-14/h2-9H,10-13H2,1H3,(H,18,19,22). The van der Waals surface area contributed by atoms with Crippen molar-refractivity contribution in [1.29, 1.82) is 0 Å². The summed E-state index contributed by atoms with van der Waals surface area (Å²) in [4.78, 5) is 20.3. The van der Waals surface area contributed by atoms with Crippen LogP contribution in [0.5, 0.6) is 5.75 Å². The van der Waals surface area contributed by atoms with E-state index in [-0.39, 0.29) is 6.03 Å². The van der Waals surface area contributed by atoms with Crippen LogP contribution in [0.15, 0.2) is 48.8 Å². The van der Waals surface area contributed by atoms with Gasteiger partial charge in [0, 0.05) is 49.9 Å². The molecular weight excluding hydrogens is 292 g/mol. The molecule has 23 heavy (non-hydrogen) atoms. The summed E-state index contributed by atoms with van der Waals surface area (Å²) in [6.07, 6.45) is 3.33. The van der Waals surface area contributed by atoms with Crippen LogP contribution in [-0.2, 0) is 0 Å². The summed E-state index contributed by atoms with van der Waals surface area (Å²) in [5.41, 5.74) is 1.92. The molecule has 1 aromatic carbocycles. The Labute approximate surface area is 135 Å². The van der Waals surface area contributed by atoms with Gasteiger partial charge in [0.1, 0.15) is 5.75 Å². The maximum Gasteiger partial charge on any atom is 0.321 e. The number of amides is 2. The van der Waals surface area contributed by atoms with E-state index in [0.29, 0.717) is 13.1 Å². The molecule has 6 heteroatoms. The van der Waals surface area contributed by atoms with Crippen molar-refractivity contribution in [3.05, 3.63) is 48.8 Å². The third kappa shape index (κ3) is 3.71. The minimum atomic E-state index is -0.0643. The van der Waals surface area contributed by atoms with Crippen molar-refractivity contribution in [2.24, 2.45) is 0 Å². The lowest BCUT2D eigenvalue weighted by molar-refractivity contribution is 0.208. The van der Waals surface area contributed by atoms with Gasteiger partial charge in [0.15, 0.2) is 0 Å². The van der Waals surface area contributed by atoms with Gasteiger partial charge in [-0.3, -0.25) is 4.98 Å². The van der Waals surface area contributed by atoms with E-state index in [0.717, 1.165) is 30.2 Å². The third-order valence-electron chi connectivity index (χ3n) is 3.94. The fourth-order valence-electron chi connectivity index (χ4n) is 2.60. The second-order valence-corrected chi connectivity index (χ2v) is 5.34. The Hall–Kier alpha value is -2.76. The van der Waals surface area contributed by atoms with Crippen LogP contribution in [0.3, 0.4) is 0 Å². The first-order chi connectivity index (χ1) is 11.3. The van der Waals surface area contributed by atoms with Crippen LogP contribution in [0.4, 0.5) is 16.2 Å². The van der Waals surface area contributed by atoms with Crippen molar-refractivity contribution in [3.63, 3.8) is 0 Å². The van der Waals surface area contributed by atoms with E-state index in [1.807, 2.05) is 29.2 Å². The number of anilines is 2. The SMILES string of the molecule is COc1ccc(N2CCN(C(=O)Nc3ccncc3)CC2)cc1. The summed E-state index contributed by atoms with van der Waals surface area (Å²) in [5, 5.41) is 2.89. The monoisotopic (exact) mass is 312 g/mol.